The molecule has 3 rings (SSSR count). The molecule has 1 aromatic heterocycles. The molecule has 3 amide bonds. The molecule has 1 N–H and O–H groups in total. The van der Waals surface area contributed by atoms with E-state index in [2.05, 4.69) is 10.3 Å². The first-order chi connectivity index (χ1) is 13.0. The van der Waals surface area contributed by atoms with Gasteiger partial charge in [0.2, 0.25) is 6.41 Å². The number of para-hydroxylation sites is 1. The lowest BCUT2D eigenvalue weighted by Crippen LogP contribution is -2.48. The second-order valence-electron chi connectivity index (χ2n) is 5.89. The van der Waals surface area contributed by atoms with Gasteiger partial charge in [-0.15, -0.1) is 0 Å². The van der Waals surface area contributed by atoms with Gasteiger partial charge in [0.1, 0.15) is 28.7 Å². The number of hydrogen-bond acceptors (Lipinski definition) is 4. The van der Waals surface area contributed by atoms with Crippen LogP contribution in [0.1, 0.15) is 21.0 Å². The predicted octanol–water partition coefficient (Wildman–Crippen LogP) is 1.53. The Morgan fingerprint density at radius 2 is 1.56 bits per heavy atom. The Hall–Kier alpha value is -3.36. The minimum absolute atomic E-state index is 0.0382. The van der Waals surface area contributed by atoms with Gasteiger partial charge in [0.15, 0.2) is 0 Å². The van der Waals surface area contributed by atoms with Crippen LogP contribution in [0.2, 0.25) is 0 Å². The van der Waals surface area contributed by atoms with Crippen LogP contribution < -0.4 is 5.32 Å². The molecule has 0 spiro atoms. The van der Waals surface area contributed by atoms with Crippen molar-refractivity contribution in [2.24, 2.45) is 0 Å². The summed E-state index contributed by atoms with van der Waals surface area (Å²) in [4.78, 5) is 42.7. The Bertz CT molecular complexity index is 862. The number of nitrogens with zero attached hydrogens (tertiary/aromatic N) is 3. The fourth-order valence-corrected chi connectivity index (χ4v) is 2.67. The average molecular weight is 374 g/mol. The summed E-state index contributed by atoms with van der Waals surface area (Å²) in [7, 11) is 0. The molecule has 2 aromatic rings. The highest BCUT2D eigenvalue weighted by Crippen LogP contribution is 2.19. The van der Waals surface area contributed by atoms with Crippen molar-refractivity contribution in [1.82, 2.24) is 14.8 Å². The number of piperazine rings is 1. The van der Waals surface area contributed by atoms with E-state index in [1.54, 1.807) is 4.90 Å². The van der Waals surface area contributed by atoms with Crippen molar-refractivity contribution in [3.8, 4) is 0 Å². The average Bonchev–Trinajstić information content (AvgIpc) is 2.70. The zero-order valence-corrected chi connectivity index (χ0v) is 14.2. The maximum Gasteiger partial charge on any atom is 0.274 e. The number of carbonyl (C=O) groups is 3. The van der Waals surface area contributed by atoms with Gasteiger partial charge in [0.05, 0.1) is 0 Å². The molecule has 0 saturated carbocycles. The maximum atomic E-state index is 13.7. The van der Waals surface area contributed by atoms with Gasteiger partial charge in [-0.3, -0.25) is 14.4 Å². The van der Waals surface area contributed by atoms with Crippen LogP contribution in [-0.4, -0.2) is 59.2 Å². The molecule has 0 atom stereocenters. The summed E-state index contributed by atoms with van der Waals surface area (Å²) in [5, 5.41) is 2.13. The van der Waals surface area contributed by atoms with Crippen LogP contribution >= 0.6 is 0 Å². The maximum absolute atomic E-state index is 13.7. The molecular weight excluding hydrogens is 358 g/mol. The molecule has 140 valence electrons. The number of pyridine rings is 1. The van der Waals surface area contributed by atoms with Crippen LogP contribution in [0, 0.1) is 11.6 Å². The van der Waals surface area contributed by atoms with E-state index >= 15 is 0 Å². The third kappa shape index (κ3) is 4.08. The molecule has 1 aliphatic heterocycles. The Morgan fingerprint density at radius 1 is 0.963 bits per heavy atom. The molecular formula is C18H16F2N4O3. The van der Waals surface area contributed by atoms with E-state index < -0.39 is 23.2 Å². The number of nitrogens with one attached hydrogen (secondary N) is 1. The number of halogens is 2. The van der Waals surface area contributed by atoms with E-state index in [4.69, 9.17) is 0 Å². The molecule has 7 nitrogen and oxygen atoms in total. The normalized spacial score (nSPS) is 14.0. The topological polar surface area (TPSA) is 82.6 Å². The van der Waals surface area contributed by atoms with Crippen molar-refractivity contribution in [2.75, 3.05) is 31.5 Å². The second-order valence-corrected chi connectivity index (χ2v) is 5.89. The van der Waals surface area contributed by atoms with Gasteiger partial charge in [-0.25, -0.2) is 13.8 Å². The highest BCUT2D eigenvalue weighted by atomic mass is 19.1. The number of amides is 3. The first-order valence-electron chi connectivity index (χ1n) is 8.20. The SMILES string of the molecule is O=CN1CCN(C(=O)c2cccc(C(=O)Nc3c(F)cccc3F)n2)CC1. The van der Waals surface area contributed by atoms with Gasteiger partial charge in [0, 0.05) is 26.2 Å². The summed E-state index contributed by atoms with van der Waals surface area (Å²) in [6, 6.07) is 7.48. The van der Waals surface area contributed by atoms with E-state index in [0.29, 0.717) is 26.2 Å². The number of benzene rings is 1. The lowest BCUT2D eigenvalue weighted by atomic mass is 10.2. The number of rotatable bonds is 4. The number of hydrogen-bond donors (Lipinski definition) is 1. The predicted molar refractivity (Wildman–Crippen MR) is 92.1 cm³/mol. The van der Waals surface area contributed by atoms with Gasteiger partial charge in [-0.1, -0.05) is 12.1 Å². The molecule has 2 heterocycles. The smallest absolute Gasteiger partial charge is 0.274 e. The van der Waals surface area contributed by atoms with Gasteiger partial charge in [-0.05, 0) is 24.3 Å². The zero-order chi connectivity index (χ0) is 19.4. The van der Waals surface area contributed by atoms with Crippen molar-refractivity contribution in [3.05, 3.63) is 59.4 Å². The Balaban J connectivity index is 1.74. The molecule has 0 unspecified atom stereocenters. The van der Waals surface area contributed by atoms with Crippen LogP contribution in [-0.2, 0) is 4.79 Å². The molecule has 1 fully saturated rings. The number of carbonyl (C=O) groups excluding carboxylic acids is 3. The Kier molecular flexibility index (Phi) is 5.39. The summed E-state index contributed by atoms with van der Waals surface area (Å²) in [6.45, 7) is 1.55. The summed E-state index contributed by atoms with van der Waals surface area (Å²) in [5.41, 5.74) is -0.683. The molecule has 1 saturated heterocycles. The van der Waals surface area contributed by atoms with Gasteiger partial charge in [0.25, 0.3) is 11.8 Å². The van der Waals surface area contributed by atoms with Crippen LogP contribution in [0.15, 0.2) is 36.4 Å². The van der Waals surface area contributed by atoms with Crippen molar-refractivity contribution < 1.29 is 23.2 Å². The van der Waals surface area contributed by atoms with Crippen LogP contribution in [0.25, 0.3) is 0 Å². The summed E-state index contributed by atoms with van der Waals surface area (Å²) < 4.78 is 27.3. The van der Waals surface area contributed by atoms with Crippen molar-refractivity contribution in [2.45, 2.75) is 0 Å². The largest absolute Gasteiger partial charge is 0.342 e. The molecule has 9 heteroatoms. The Labute approximate surface area is 153 Å². The van der Waals surface area contributed by atoms with E-state index in [9.17, 15) is 23.2 Å². The van der Waals surface area contributed by atoms with Crippen molar-refractivity contribution in [1.29, 1.82) is 0 Å². The number of anilines is 1. The van der Waals surface area contributed by atoms with Gasteiger partial charge in [-0.2, -0.15) is 0 Å². The van der Waals surface area contributed by atoms with E-state index in [1.165, 1.54) is 29.2 Å². The number of aromatic nitrogens is 1. The summed E-state index contributed by atoms with van der Waals surface area (Å²) in [5.74, 6) is -3.04. The van der Waals surface area contributed by atoms with Crippen molar-refractivity contribution >= 4 is 23.9 Å². The lowest BCUT2D eigenvalue weighted by Gasteiger charge is -2.32. The fraction of sp³-hybridized carbons (Fsp3) is 0.222. The standard InChI is InChI=1S/C18H16F2N4O3/c19-12-3-1-4-13(20)16(12)22-17(26)14-5-2-6-15(21-14)18(27)24-9-7-23(11-25)8-10-24/h1-6,11H,7-10H2,(H,22,26). The molecule has 0 radical (unpaired) electrons. The van der Waals surface area contributed by atoms with Crippen LogP contribution in [0.4, 0.5) is 14.5 Å². The van der Waals surface area contributed by atoms with Gasteiger partial charge >= 0.3 is 0 Å². The van der Waals surface area contributed by atoms with Crippen LogP contribution in [0.3, 0.4) is 0 Å². The quantitative estimate of drug-likeness (QED) is 0.823. The highest BCUT2D eigenvalue weighted by Gasteiger charge is 2.23. The fourth-order valence-electron chi connectivity index (χ4n) is 2.67. The summed E-state index contributed by atoms with van der Waals surface area (Å²) >= 11 is 0. The molecule has 27 heavy (non-hydrogen) atoms. The van der Waals surface area contributed by atoms with Gasteiger partial charge < -0.3 is 15.1 Å². The lowest BCUT2D eigenvalue weighted by molar-refractivity contribution is -0.119. The minimum atomic E-state index is -0.913. The third-order valence-corrected chi connectivity index (χ3v) is 4.15. The van der Waals surface area contributed by atoms with E-state index in [-0.39, 0.29) is 17.3 Å². The molecule has 0 aliphatic carbocycles. The van der Waals surface area contributed by atoms with E-state index in [0.717, 1.165) is 18.5 Å². The highest BCUT2D eigenvalue weighted by molar-refractivity contribution is 6.04. The van der Waals surface area contributed by atoms with Crippen LogP contribution in [0.5, 0.6) is 0 Å². The molecule has 1 aromatic carbocycles. The minimum Gasteiger partial charge on any atom is -0.342 e. The first kappa shape index (κ1) is 18.4. The molecule has 1 aliphatic rings. The Morgan fingerprint density at radius 3 is 2.19 bits per heavy atom. The monoisotopic (exact) mass is 374 g/mol. The first-order valence-corrected chi connectivity index (χ1v) is 8.20. The second kappa shape index (κ2) is 7.90. The van der Waals surface area contributed by atoms with E-state index in [1.807, 2.05) is 0 Å². The van der Waals surface area contributed by atoms with Crippen molar-refractivity contribution in [3.63, 3.8) is 0 Å². The molecule has 0 bridgehead atoms. The third-order valence-electron chi connectivity index (χ3n) is 4.15. The zero-order valence-electron chi connectivity index (χ0n) is 14.2. The summed E-state index contributed by atoms with van der Waals surface area (Å²) in [6.07, 6.45) is 0.729.